The average molecular weight is 369 g/mol. The first-order valence-electron chi connectivity index (χ1n) is 8.88. The molecule has 1 aliphatic carbocycles. The van der Waals surface area contributed by atoms with Gasteiger partial charge in [0.05, 0.1) is 5.39 Å². The summed E-state index contributed by atoms with van der Waals surface area (Å²) in [7, 11) is 1.77. The molecule has 0 unspecified atom stereocenters. The lowest BCUT2D eigenvalue weighted by atomic mass is 9.97. The molecule has 134 valence electrons. The van der Waals surface area contributed by atoms with Crippen molar-refractivity contribution in [2.75, 3.05) is 18.5 Å². The second kappa shape index (κ2) is 6.02. The Kier molecular flexibility index (Phi) is 3.63. The van der Waals surface area contributed by atoms with Gasteiger partial charge in [-0.15, -0.1) is 11.3 Å². The van der Waals surface area contributed by atoms with Gasteiger partial charge in [0.2, 0.25) is 5.95 Å². The van der Waals surface area contributed by atoms with Gasteiger partial charge in [0, 0.05) is 23.7 Å². The molecule has 3 aromatic rings. The highest BCUT2D eigenvalue weighted by molar-refractivity contribution is 7.18. The van der Waals surface area contributed by atoms with Crippen LogP contribution < -0.4 is 20.3 Å². The average Bonchev–Trinajstić information content (AvgIpc) is 3.04. The number of rotatable bonds is 2. The molecule has 0 amide bonds. The number of hydrogen-bond acceptors (Lipinski definition) is 6. The lowest BCUT2D eigenvalue weighted by Crippen LogP contribution is -2.21. The number of nitrogens with one attached hydrogen (secondary N) is 1. The molecule has 2 aromatic heterocycles. The number of benzene rings is 1. The van der Waals surface area contributed by atoms with E-state index in [1.54, 1.807) is 23.0 Å². The maximum atomic E-state index is 12.9. The molecule has 1 aliphatic heterocycles. The first kappa shape index (κ1) is 15.7. The summed E-state index contributed by atoms with van der Waals surface area (Å²) in [5, 5.41) is 4.06. The number of thiophene rings is 1. The normalized spacial score (nSPS) is 15.7. The third kappa shape index (κ3) is 2.46. The minimum Gasteiger partial charge on any atom is -0.486 e. The zero-order valence-electron chi connectivity index (χ0n) is 14.5. The fraction of sp³-hybridized carbons (Fsp3) is 0.368. The standard InChI is InChI=1S/C19H19N3O3S/c1-22-18(23)16-12-4-2-3-5-15(12)26-17(16)21-19(22)20-11-6-7-13-14(10-11)25-9-8-24-13/h6-7,10H,2-5,8-9H2,1H3,(H,20,21). The lowest BCUT2D eigenvalue weighted by Gasteiger charge is -2.19. The van der Waals surface area contributed by atoms with Crippen LogP contribution in [0.25, 0.3) is 10.2 Å². The molecule has 2 aliphatic rings. The van der Waals surface area contributed by atoms with Gasteiger partial charge in [-0.05, 0) is 43.4 Å². The van der Waals surface area contributed by atoms with Crippen LogP contribution in [0.1, 0.15) is 23.3 Å². The minimum atomic E-state index is 0.0226. The number of anilines is 2. The van der Waals surface area contributed by atoms with Gasteiger partial charge < -0.3 is 14.8 Å². The number of ether oxygens (including phenoxy) is 2. The van der Waals surface area contributed by atoms with E-state index in [1.165, 1.54) is 16.9 Å². The van der Waals surface area contributed by atoms with E-state index < -0.39 is 0 Å². The highest BCUT2D eigenvalue weighted by Crippen LogP contribution is 2.36. The minimum absolute atomic E-state index is 0.0226. The molecule has 0 saturated heterocycles. The van der Waals surface area contributed by atoms with Crippen LogP contribution in [0.3, 0.4) is 0 Å². The predicted octanol–water partition coefficient (Wildman–Crippen LogP) is 3.39. The molecule has 26 heavy (non-hydrogen) atoms. The number of hydrogen-bond donors (Lipinski definition) is 1. The van der Waals surface area contributed by atoms with E-state index in [2.05, 4.69) is 5.32 Å². The van der Waals surface area contributed by atoms with Gasteiger partial charge >= 0.3 is 0 Å². The Hall–Kier alpha value is -2.54. The summed E-state index contributed by atoms with van der Waals surface area (Å²) in [4.78, 5) is 19.9. The number of aryl methyl sites for hydroxylation is 2. The van der Waals surface area contributed by atoms with E-state index in [0.29, 0.717) is 24.9 Å². The first-order valence-corrected chi connectivity index (χ1v) is 9.70. The van der Waals surface area contributed by atoms with Crippen molar-refractivity contribution in [2.45, 2.75) is 25.7 Å². The molecule has 0 fully saturated rings. The molecule has 1 aromatic carbocycles. The van der Waals surface area contributed by atoms with Crippen molar-refractivity contribution in [3.63, 3.8) is 0 Å². The molecule has 0 saturated carbocycles. The van der Waals surface area contributed by atoms with Gasteiger partial charge in [0.1, 0.15) is 18.0 Å². The molecule has 5 rings (SSSR count). The van der Waals surface area contributed by atoms with E-state index >= 15 is 0 Å². The summed E-state index contributed by atoms with van der Waals surface area (Å²) in [5.41, 5.74) is 2.06. The summed E-state index contributed by atoms with van der Waals surface area (Å²) in [6.45, 7) is 1.11. The zero-order valence-corrected chi connectivity index (χ0v) is 15.3. The second-order valence-corrected chi connectivity index (χ2v) is 7.76. The van der Waals surface area contributed by atoms with Gasteiger partial charge in [0.15, 0.2) is 11.5 Å². The molecule has 6 nitrogen and oxygen atoms in total. The van der Waals surface area contributed by atoms with Crippen LogP contribution in [0.4, 0.5) is 11.6 Å². The Morgan fingerprint density at radius 2 is 1.96 bits per heavy atom. The fourth-order valence-corrected chi connectivity index (χ4v) is 4.90. The highest BCUT2D eigenvalue weighted by Gasteiger charge is 2.21. The van der Waals surface area contributed by atoms with Crippen molar-refractivity contribution in [2.24, 2.45) is 7.05 Å². The maximum Gasteiger partial charge on any atom is 0.263 e. The quantitative estimate of drug-likeness (QED) is 0.750. The third-order valence-corrected chi connectivity index (χ3v) is 6.18. The van der Waals surface area contributed by atoms with Crippen LogP contribution in [-0.4, -0.2) is 22.8 Å². The van der Waals surface area contributed by atoms with E-state index in [4.69, 9.17) is 14.5 Å². The van der Waals surface area contributed by atoms with E-state index in [0.717, 1.165) is 40.9 Å². The van der Waals surface area contributed by atoms with Crippen LogP contribution in [0.5, 0.6) is 11.5 Å². The molecule has 0 atom stereocenters. The van der Waals surface area contributed by atoms with E-state index in [9.17, 15) is 4.79 Å². The highest BCUT2D eigenvalue weighted by atomic mass is 32.1. The van der Waals surface area contributed by atoms with Crippen molar-refractivity contribution >= 4 is 33.2 Å². The van der Waals surface area contributed by atoms with Gasteiger partial charge in [-0.3, -0.25) is 9.36 Å². The van der Waals surface area contributed by atoms with Crippen LogP contribution in [0.15, 0.2) is 23.0 Å². The first-order chi connectivity index (χ1) is 12.7. The monoisotopic (exact) mass is 369 g/mol. The van der Waals surface area contributed by atoms with Crippen molar-refractivity contribution in [1.82, 2.24) is 9.55 Å². The summed E-state index contributed by atoms with van der Waals surface area (Å²) in [6, 6.07) is 5.66. The van der Waals surface area contributed by atoms with Crippen LogP contribution in [0.2, 0.25) is 0 Å². The molecule has 1 N–H and O–H groups in total. The van der Waals surface area contributed by atoms with Crippen molar-refractivity contribution in [1.29, 1.82) is 0 Å². The van der Waals surface area contributed by atoms with Gasteiger partial charge in [0.25, 0.3) is 5.56 Å². The molecule has 0 spiro atoms. The Balaban J connectivity index is 1.57. The van der Waals surface area contributed by atoms with Crippen LogP contribution in [-0.2, 0) is 19.9 Å². The largest absolute Gasteiger partial charge is 0.486 e. The molecule has 3 heterocycles. The lowest BCUT2D eigenvalue weighted by molar-refractivity contribution is 0.171. The second-order valence-electron chi connectivity index (χ2n) is 6.67. The maximum absolute atomic E-state index is 12.9. The topological polar surface area (TPSA) is 65.4 Å². The summed E-state index contributed by atoms with van der Waals surface area (Å²) in [6.07, 6.45) is 4.40. The Morgan fingerprint density at radius 1 is 1.15 bits per heavy atom. The summed E-state index contributed by atoms with van der Waals surface area (Å²) >= 11 is 1.66. The summed E-state index contributed by atoms with van der Waals surface area (Å²) in [5.74, 6) is 1.99. The van der Waals surface area contributed by atoms with Crippen molar-refractivity contribution in [3.05, 3.63) is 39.0 Å². The number of fused-ring (bicyclic) bond motifs is 4. The Morgan fingerprint density at radius 3 is 2.85 bits per heavy atom. The Bertz CT molecular complexity index is 1070. The van der Waals surface area contributed by atoms with Crippen molar-refractivity contribution in [3.8, 4) is 11.5 Å². The van der Waals surface area contributed by atoms with Crippen LogP contribution in [0, 0.1) is 0 Å². The molecule has 0 bridgehead atoms. The van der Waals surface area contributed by atoms with E-state index in [1.807, 2.05) is 18.2 Å². The van der Waals surface area contributed by atoms with Gasteiger partial charge in [-0.25, -0.2) is 4.98 Å². The zero-order chi connectivity index (χ0) is 17.7. The third-order valence-electron chi connectivity index (χ3n) is 4.99. The molecular weight excluding hydrogens is 350 g/mol. The number of nitrogens with zero attached hydrogens (tertiary/aromatic N) is 2. The predicted molar refractivity (Wildman–Crippen MR) is 102 cm³/mol. The smallest absolute Gasteiger partial charge is 0.263 e. The fourth-order valence-electron chi connectivity index (χ4n) is 3.65. The van der Waals surface area contributed by atoms with Crippen molar-refractivity contribution < 1.29 is 9.47 Å². The van der Waals surface area contributed by atoms with Gasteiger partial charge in [-0.2, -0.15) is 0 Å². The van der Waals surface area contributed by atoms with Crippen LogP contribution >= 0.6 is 11.3 Å². The molecule has 7 heteroatoms. The summed E-state index contributed by atoms with van der Waals surface area (Å²) < 4.78 is 12.8. The SMILES string of the molecule is Cn1c(Nc2ccc3c(c2)OCCO3)nc2sc3c(c2c1=O)CCCC3. The van der Waals surface area contributed by atoms with E-state index in [-0.39, 0.29) is 5.56 Å². The number of aromatic nitrogens is 2. The molecule has 0 radical (unpaired) electrons. The van der Waals surface area contributed by atoms with Gasteiger partial charge in [-0.1, -0.05) is 0 Å². The Labute approximate surface area is 154 Å². The molecular formula is C19H19N3O3S.